The quantitative estimate of drug-likeness (QED) is 0.717. The van der Waals surface area contributed by atoms with Crippen LogP contribution in [-0.2, 0) is 20.4 Å². The smallest absolute Gasteiger partial charge is 0.353 e. The minimum Gasteiger partial charge on any atom is -0.382 e. The van der Waals surface area contributed by atoms with Crippen molar-refractivity contribution in [2.45, 2.75) is 26.5 Å². The molecule has 1 unspecified atom stereocenters. The second kappa shape index (κ2) is 7.85. The van der Waals surface area contributed by atoms with Crippen LogP contribution in [0, 0.1) is 0 Å². The zero-order valence-electron chi connectivity index (χ0n) is 12.2. The molecule has 2 aromatic heterocycles. The van der Waals surface area contributed by atoms with Crippen molar-refractivity contribution >= 4 is 37.0 Å². The van der Waals surface area contributed by atoms with Crippen LogP contribution in [0.15, 0.2) is 12.7 Å². The lowest BCUT2D eigenvalue weighted by molar-refractivity contribution is 0.0723. The molecule has 0 aliphatic rings. The molecule has 11 heteroatoms. The highest BCUT2D eigenvalue weighted by Crippen LogP contribution is 2.41. The fraction of sp³-hybridized carbons (Fsp3) is 0.545. The molecule has 0 saturated carbocycles. The average Bonchev–Trinajstić information content (AvgIpc) is 2.81. The first-order chi connectivity index (χ1) is 9.93. The van der Waals surface area contributed by atoms with E-state index in [1.165, 1.54) is 6.33 Å². The first-order valence-corrected chi connectivity index (χ1v) is 8.18. The second-order valence-corrected chi connectivity index (χ2v) is 6.28. The van der Waals surface area contributed by atoms with Crippen LogP contribution < -0.4 is 5.73 Å². The van der Waals surface area contributed by atoms with Crippen LogP contribution in [0.2, 0.25) is 0 Å². The van der Waals surface area contributed by atoms with E-state index in [9.17, 15) is 9.46 Å². The summed E-state index contributed by atoms with van der Waals surface area (Å²) in [6.45, 7) is 4.00. The second-order valence-electron chi connectivity index (χ2n) is 4.49. The number of imidazole rings is 1. The van der Waals surface area contributed by atoms with Crippen molar-refractivity contribution in [2.24, 2.45) is 0 Å². The molecular weight excluding hydrogens is 333 g/mol. The third-order valence-corrected chi connectivity index (χ3v) is 3.87. The van der Waals surface area contributed by atoms with Crippen molar-refractivity contribution < 1.29 is 18.7 Å². The van der Waals surface area contributed by atoms with Gasteiger partial charge in [0.25, 0.3) is 0 Å². The minimum atomic E-state index is -3.69. The number of fused-ring (bicyclic) bond motifs is 1. The first-order valence-electron chi connectivity index (χ1n) is 6.42. The predicted molar refractivity (Wildman–Crippen MR) is 83.8 cm³/mol. The topological polar surface area (TPSA) is 125 Å². The van der Waals surface area contributed by atoms with E-state index in [4.69, 9.17) is 15.0 Å². The summed E-state index contributed by atoms with van der Waals surface area (Å²) in [5.41, 5.74) is 6.82. The summed E-state index contributed by atoms with van der Waals surface area (Å²) >= 11 is 0. The number of aromatic nitrogens is 4. The fourth-order valence-corrected chi connectivity index (χ4v) is 2.74. The van der Waals surface area contributed by atoms with Gasteiger partial charge in [0.15, 0.2) is 11.5 Å². The number of hydrogen-bond donors (Lipinski definition) is 2. The summed E-state index contributed by atoms with van der Waals surface area (Å²) in [5, 5.41) is 0. The molecule has 3 N–H and O–H groups in total. The number of nitrogens with zero attached hydrogens (tertiary/aromatic N) is 4. The molecule has 2 heterocycles. The third-order valence-electron chi connectivity index (χ3n) is 2.74. The van der Waals surface area contributed by atoms with Gasteiger partial charge >= 0.3 is 7.60 Å². The maximum Gasteiger partial charge on any atom is 0.353 e. The molecule has 124 valence electrons. The van der Waals surface area contributed by atoms with Crippen molar-refractivity contribution in [1.29, 1.82) is 0 Å². The Kier molecular flexibility index (Phi) is 6.70. The predicted octanol–water partition coefficient (Wildman–Crippen LogP) is 1.41. The maximum atomic E-state index is 11.5. The van der Waals surface area contributed by atoms with Crippen LogP contribution in [0.4, 0.5) is 5.82 Å². The Labute approximate surface area is 133 Å². The zero-order chi connectivity index (χ0) is 15.5. The van der Waals surface area contributed by atoms with E-state index >= 15 is 0 Å². The van der Waals surface area contributed by atoms with Crippen LogP contribution in [0.3, 0.4) is 0 Å². The number of ether oxygens (including phenoxy) is 1. The lowest BCUT2D eigenvalue weighted by atomic mass is 10.4. The lowest BCUT2D eigenvalue weighted by Crippen LogP contribution is -2.17. The maximum absolute atomic E-state index is 11.5. The van der Waals surface area contributed by atoms with Gasteiger partial charge in [0.1, 0.15) is 18.2 Å². The van der Waals surface area contributed by atoms with Gasteiger partial charge in [-0.25, -0.2) is 15.0 Å². The van der Waals surface area contributed by atoms with Gasteiger partial charge in [0, 0.05) is 0 Å². The summed E-state index contributed by atoms with van der Waals surface area (Å²) < 4.78 is 23.4. The molecule has 2 aromatic rings. The summed E-state index contributed by atoms with van der Waals surface area (Å²) in [4.78, 5) is 21.6. The van der Waals surface area contributed by atoms with Crippen molar-refractivity contribution in [3.63, 3.8) is 0 Å². The Morgan fingerprint density at radius 2 is 2.18 bits per heavy atom. The van der Waals surface area contributed by atoms with Gasteiger partial charge < -0.3 is 24.5 Å². The molecule has 22 heavy (non-hydrogen) atoms. The number of hydrogen-bond acceptors (Lipinski definition) is 7. The van der Waals surface area contributed by atoms with Crippen molar-refractivity contribution in [1.82, 2.24) is 19.5 Å². The van der Waals surface area contributed by atoms with Gasteiger partial charge in [0.05, 0.1) is 25.6 Å². The average molecular weight is 352 g/mol. The largest absolute Gasteiger partial charge is 0.382 e. The van der Waals surface area contributed by atoms with E-state index in [1.54, 1.807) is 24.7 Å². The van der Waals surface area contributed by atoms with E-state index in [0.717, 1.165) is 0 Å². The highest BCUT2D eigenvalue weighted by molar-refractivity contribution is 7.52. The molecular formula is C11H19ClN5O4P. The number of nitrogen functional groups attached to an aromatic ring is 1. The van der Waals surface area contributed by atoms with Crippen LogP contribution >= 0.6 is 20.0 Å². The normalized spacial score (nSPS) is 15.2. The molecule has 0 aromatic carbocycles. The molecule has 0 fully saturated rings. The van der Waals surface area contributed by atoms with Gasteiger partial charge in [-0.05, 0) is 13.8 Å². The third kappa shape index (κ3) is 4.62. The number of anilines is 1. The van der Waals surface area contributed by atoms with Crippen molar-refractivity contribution in [2.75, 3.05) is 18.7 Å². The molecule has 0 amide bonds. The van der Waals surface area contributed by atoms with E-state index in [-0.39, 0.29) is 31.5 Å². The van der Waals surface area contributed by atoms with Crippen LogP contribution in [0.5, 0.6) is 0 Å². The van der Waals surface area contributed by atoms with Gasteiger partial charge in [-0.2, -0.15) is 0 Å². The molecule has 9 nitrogen and oxygen atoms in total. The summed E-state index contributed by atoms with van der Waals surface area (Å²) in [7, 11) is -3.69. The first kappa shape index (κ1) is 18.8. The van der Waals surface area contributed by atoms with Gasteiger partial charge in [-0.15, -0.1) is 12.4 Å². The fourth-order valence-electron chi connectivity index (χ4n) is 1.82. The summed E-state index contributed by atoms with van der Waals surface area (Å²) in [6.07, 6.45) is 2.26. The Hall–Kier alpha value is -1.25. The molecule has 0 spiro atoms. The Balaban J connectivity index is 0.00000242. The van der Waals surface area contributed by atoms with Gasteiger partial charge in [0.2, 0.25) is 0 Å². The highest BCUT2D eigenvalue weighted by atomic mass is 35.5. The van der Waals surface area contributed by atoms with Crippen molar-refractivity contribution in [3.05, 3.63) is 12.7 Å². The molecule has 0 saturated heterocycles. The molecule has 0 bridgehead atoms. The minimum absolute atomic E-state index is 0. The summed E-state index contributed by atoms with van der Waals surface area (Å²) in [5.74, 6) is 0.309. The van der Waals surface area contributed by atoms with Crippen LogP contribution in [-0.4, -0.2) is 43.5 Å². The molecule has 0 aliphatic carbocycles. The van der Waals surface area contributed by atoms with E-state index < -0.39 is 7.60 Å². The standard InChI is InChI=1S/C11H18N5O4P.ClH/c1-3-20-21(17,18)7-19-8(2)4-16-6-15-9-10(12)13-5-14-11(9)16;/h5-6,8H,3-4,7H2,1-2H3,(H,17,18)(H2,12,13,14);1H/t8-;/m1./s1. The van der Waals surface area contributed by atoms with Gasteiger partial charge in [-0.1, -0.05) is 0 Å². The molecule has 0 radical (unpaired) electrons. The van der Waals surface area contributed by atoms with Gasteiger partial charge in [-0.3, -0.25) is 4.57 Å². The highest BCUT2D eigenvalue weighted by Gasteiger charge is 2.20. The number of rotatable bonds is 7. The molecule has 2 atom stereocenters. The molecule has 2 rings (SSSR count). The van der Waals surface area contributed by atoms with Crippen molar-refractivity contribution in [3.8, 4) is 0 Å². The van der Waals surface area contributed by atoms with E-state index in [0.29, 0.717) is 23.5 Å². The van der Waals surface area contributed by atoms with E-state index in [1.807, 2.05) is 0 Å². The Morgan fingerprint density at radius 3 is 2.86 bits per heavy atom. The SMILES string of the molecule is CCOP(=O)(O)CO[C@H](C)Cn1cnc2c(N)ncnc21.Cl. The Bertz CT molecular complexity index is 667. The van der Waals surface area contributed by atoms with Crippen LogP contribution in [0.1, 0.15) is 13.8 Å². The van der Waals surface area contributed by atoms with Crippen LogP contribution in [0.25, 0.3) is 11.2 Å². The summed E-state index contributed by atoms with van der Waals surface area (Å²) in [6, 6.07) is 0. The lowest BCUT2D eigenvalue weighted by Gasteiger charge is -2.16. The monoisotopic (exact) mass is 351 g/mol. The Morgan fingerprint density at radius 1 is 1.45 bits per heavy atom. The zero-order valence-corrected chi connectivity index (χ0v) is 14.0. The van der Waals surface area contributed by atoms with E-state index in [2.05, 4.69) is 15.0 Å². The molecule has 0 aliphatic heterocycles. The number of halogens is 1. The number of nitrogens with two attached hydrogens (primary N) is 1.